The van der Waals surface area contributed by atoms with Crippen molar-refractivity contribution in [1.82, 2.24) is 24.7 Å². The van der Waals surface area contributed by atoms with E-state index in [0.29, 0.717) is 17.1 Å². The summed E-state index contributed by atoms with van der Waals surface area (Å²) in [5.41, 5.74) is 14.4. The third-order valence-corrected chi connectivity index (χ3v) is 5.24. The van der Waals surface area contributed by atoms with Gasteiger partial charge in [-0.05, 0) is 24.3 Å². The first kappa shape index (κ1) is 24.8. The first-order valence-corrected chi connectivity index (χ1v) is 11.2. The molecule has 178 valence electrons. The van der Waals surface area contributed by atoms with Crippen molar-refractivity contribution in [3.05, 3.63) is 54.5 Å². The zero-order valence-electron chi connectivity index (χ0n) is 19.9. The molecule has 5 rings (SSSR count). The fraction of sp³-hybridized carbons (Fsp3) is 0.320. The zero-order chi connectivity index (χ0) is 24.5. The Morgan fingerprint density at radius 1 is 1.00 bits per heavy atom. The van der Waals surface area contributed by atoms with Gasteiger partial charge in [-0.15, -0.1) is 0 Å². The van der Waals surface area contributed by atoms with E-state index >= 15 is 0 Å². The van der Waals surface area contributed by atoms with E-state index in [2.05, 4.69) is 24.8 Å². The third kappa shape index (κ3) is 6.14. The number of carbonyl (C=O) groups excluding carboxylic acids is 1. The quantitative estimate of drug-likeness (QED) is 0.471. The van der Waals surface area contributed by atoms with Crippen LogP contribution in [0.2, 0.25) is 0 Å². The number of aromatic nitrogens is 5. The van der Waals surface area contributed by atoms with Crippen LogP contribution < -0.4 is 11.5 Å². The Labute approximate surface area is 199 Å². The van der Waals surface area contributed by atoms with Gasteiger partial charge in [-0.3, -0.25) is 14.5 Å². The number of carbonyl (C=O) groups is 1. The number of pyridine rings is 1. The summed E-state index contributed by atoms with van der Waals surface area (Å²) in [6.07, 6.45) is 11.0. The molecule has 34 heavy (non-hydrogen) atoms. The average Bonchev–Trinajstić information content (AvgIpc) is 3.54. The largest absolute Gasteiger partial charge is 0.388 e. The zero-order valence-corrected chi connectivity index (χ0v) is 19.9. The Hall–Kier alpha value is -3.85. The molecule has 9 nitrogen and oxygen atoms in total. The monoisotopic (exact) mass is 461 g/mol. The Morgan fingerprint density at radius 2 is 1.68 bits per heavy atom. The number of benzene rings is 1. The van der Waals surface area contributed by atoms with Gasteiger partial charge < -0.3 is 16.2 Å². The summed E-state index contributed by atoms with van der Waals surface area (Å²) < 4.78 is 5.91. The minimum Gasteiger partial charge on any atom is -0.388 e. The number of primary amides is 1. The van der Waals surface area contributed by atoms with Crippen LogP contribution in [0.3, 0.4) is 0 Å². The molecule has 1 aliphatic carbocycles. The molecular weight excluding hydrogens is 430 g/mol. The second kappa shape index (κ2) is 11.9. The Kier molecular flexibility index (Phi) is 8.64. The van der Waals surface area contributed by atoms with Crippen molar-refractivity contribution in [1.29, 1.82) is 0 Å². The predicted molar refractivity (Wildman–Crippen MR) is 134 cm³/mol. The lowest BCUT2D eigenvalue weighted by atomic mass is 10.0. The van der Waals surface area contributed by atoms with E-state index < -0.39 is 5.91 Å². The minimum atomic E-state index is -0.730. The molecule has 3 heterocycles. The average molecular weight is 462 g/mol. The maximum absolute atomic E-state index is 11.7. The lowest BCUT2D eigenvalue weighted by Gasteiger charge is -2.10. The molecule has 1 amide bonds. The Morgan fingerprint density at radius 3 is 2.26 bits per heavy atom. The normalized spacial score (nSPS) is 12.4. The molecule has 0 atom stereocenters. The number of fused-ring (bicyclic) bond motifs is 1. The van der Waals surface area contributed by atoms with Crippen molar-refractivity contribution in [2.24, 2.45) is 12.8 Å². The number of hydrogen-bond donors (Lipinski definition) is 2. The predicted octanol–water partition coefficient (Wildman–Crippen LogP) is 3.99. The maximum atomic E-state index is 11.7. The number of ether oxygens (including phenoxy) is 1. The van der Waals surface area contributed by atoms with E-state index in [0.717, 1.165) is 16.5 Å². The van der Waals surface area contributed by atoms with Crippen molar-refractivity contribution >= 4 is 22.6 Å². The molecule has 1 saturated carbocycles. The van der Waals surface area contributed by atoms with Gasteiger partial charge in [0.15, 0.2) is 11.5 Å². The molecule has 0 spiro atoms. The molecule has 0 radical (unpaired) electrons. The number of aryl methyl sites for hydroxylation is 1. The van der Waals surface area contributed by atoms with E-state index in [4.69, 9.17) is 11.5 Å². The second-order valence-corrected chi connectivity index (χ2v) is 7.98. The fourth-order valence-electron chi connectivity index (χ4n) is 3.66. The highest BCUT2D eigenvalue weighted by Crippen LogP contribution is 2.31. The third-order valence-electron chi connectivity index (χ3n) is 5.24. The van der Waals surface area contributed by atoms with Crippen molar-refractivity contribution in [3.63, 3.8) is 0 Å². The Bertz CT molecular complexity index is 1240. The van der Waals surface area contributed by atoms with Gasteiger partial charge in [0, 0.05) is 44.6 Å². The van der Waals surface area contributed by atoms with E-state index in [-0.39, 0.29) is 11.5 Å². The number of methoxy groups -OCH3 is 1. The van der Waals surface area contributed by atoms with Gasteiger partial charge in [0.25, 0.3) is 5.91 Å². The minimum absolute atomic E-state index is 0.0237. The van der Waals surface area contributed by atoms with E-state index in [1.54, 1.807) is 44.4 Å². The second-order valence-electron chi connectivity index (χ2n) is 7.98. The van der Waals surface area contributed by atoms with Gasteiger partial charge in [0.05, 0.1) is 11.2 Å². The molecule has 0 aliphatic heterocycles. The number of nitrogen functional groups attached to an aromatic ring is 1. The highest BCUT2D eigenvalue weighted by Gasteiger charge is 2.19. The molecule has 0 unspecified atom stereocenters. The summed E-state index contributed by atoms with van der Waals surface area (Å²) in [5.74, 6) is -0.754. The maximum Gasteiger partial charge on any atom is 0.271 e. The first-order valence-electron chi connectivity index (χ1n) is 11.2. The molecule has 1 aromatic carbocycles. The first-order chi connectivity index (χ1) is 16.4. The van der Waals surface area contributed by atoms with E-state index in [9.17, 15) is 4.79 Å². The molecule has 1 fully saturated rings. The summed E-state index contributed by atoms with van der Waals surface area (Å²) in [6.45, 7) is 0. The molecule has 4 N–H and O–H groups in total. The lowest BCUT2D eigenvalue weighted by Crippen LogP contribution is -2.18. The van der Waals surface area contributed by atoms with Crippen LogP contribution in [0.5, 0.6) is 0 Å². The van der Waals surface area contributed by atoms with Gasteiger partial charge >= 0.3 is 0 Å². The molecule has 0 saturated heterocycles. The van der Waals surface area contributed by atoms with Gasteiger partial charge in [-0.25, -0.2) is 9.97 Å². The highest BCUT2D eigenvalue weighted by molar-refractivity contribution is 5.97. The summed E-state index contributed by atoms with van der Waals surface area (Å²) in [4.78, 5) is 24.8. The van der Waals surface area contributed by atoms with Gasteiger partial charge in [-0.2, -0.15) is 5.10 Å². The van der Waals surface area contributed by atoms with Crippen LogP contribution in [0.25, 0.3) is 33.5 Å². The van der Waals surface area contributed by atoms with Crippen molar-refractivity contribution in [2.75, 3.05) is 20.0 Å². The van der Waals surface area contributed by atoms with E-state index in [1.807, 2.05) is 30.3 Å². The molecule has 4 aromatic rings. The summed E-state index contributed by atoms with van der Waals surface area (Å²) in [7, 11) is 5.05. The molecule has 0 bridgehead atoms. The smallest absolute Gasteiger partial charge is 0.271 e. The van der Waals surface area contributed by atoms with Crippen LogP contribution in [0.1, 0.15) is 42.6 Å². The molecule has 3 aromatic heterocycles. The SMILES string of the molecule is C1CCCC1.COC.Cn1ccc(-c2nc(N)c(C(N)=O)nc2-c2ccc3ncccc3c2)n1. The van der Waals surface area contributed by atoms with Gasteiger partial charge in [-0.1, -0.05) is 44.2 Å². The highest BCUT2D eigenvalue weighted by atomic mass is 16.4. The number of anilines is 1. The number of nitrogens with zero attached hydrogens (tertiary/aromatic N) is 5. The number of hydrogen-bond acceptors (Lipinski definition) is 7. The van der Waals surface area contributed by atoms with Crippen LogP contribution in [0.15, 0.2) is 48.8 Å². The number of amides is 1. The van der Waals surface area contributed by atoms with Crippen LogP contribution in [-0.4, -0.2) is 44.9 Å². The summed E-state index contributed by atoms with van der Waals surface area (Å²) in [6, 6.07) is 11.3. The summed E-state index contributed by atoms with van der Waals surface area (Å²) >= 11 is 0. The van der Waals surface area contributed by atoms with Gasteiger partial charge in [0.1, 0.15) is 11.4 Å². The molecular formula is C25H31N7O2. The lowest BCUT2D eigenvalue weighted by molar-refractivity contribution is 0.0996. The van der Waals surface area contributed by atoms with Crippen LogP contribution in [0.4, 0.5) is 5.82 Å². The van der Waals surface area contributed by atoms with Crippen molar-refractivity contribution in [2.45, 2.75) is 32.1 Å². The van der Waals surface area contributed by atoms with Crippen LogP contribution in [-0.2, 0) is 11.8 Å². The van der Waals surface area contributed by atoms with Crippen molar-refractivity contribution < 1.29 is 9.53 Å². The Balaban J connectivity index is 0.000000348. The standard InChI is InChI=1S/C18H15N7O.C5H10.C2H6O/c1-25-8-6-13(24-25)15-14(22-16(18(20)26)17(19)23-15)11-4-5-12-10(9-11)3-2-7-21-12;1-2-4-5-3-1;1-3-2/h2-9H,1H3,(H2,19,23)(H2,20,26);1-5H2;1-2H3. The molecule has 9 heteroatoms. The topological polar surface area (TPSA) is 135 Å². The van der Waals surface area contributed by atoms with Crippen molar-refractivity contribution in [3.8, 4) is 22.6 Å². The fourth-order valence-corrected chi connectivity index (χ4v) is 3.66. The molecule has 1 aliphatic rings. The number of rotatable bonds is 3. The van der Waals surface area contributed by atoms with Crippen LogP contribution in [0, 0.1) is 0 Å². The van der Waals surface area contributed by atoms with E-state index in [1.165, 1.54) is 32.1 Å². The number of nitrogens with two attached hydrogens (primary N) is 2. The summed E-state index contributed by atoms with van der Waals surface area (Å²) in [5, 5.41) is 5.32. The van der Waals surface area contributed by atoms with Gasteiger partial charge in [0.2, 0.25) is 0 Å². The van der Waals surface area contributed by atoms with Crippen LogP contribution >= 0.6 is 0 Å².